The summed E-state index contributed by atoms with van der Waals surface area (Å²) in [6, 6.07) is 11.6. The lowest BCUT2D eigenvalue weighted by Gasteiger charge is -2.21. The lowest BCUT2D eigenvalue weighted by molar-refractivity contribution is -0.117. The summed E-state index contributed by atoms with van der Waals surface area (Å²) in [5.74, 6) is 1.38. The number of anilines is 2. The number of carbonyl (C=O) groups excluding carboxylic acids is 2. The van der Waals surface area contributed by atoms with E-state index in [0.717, 1.165) is 41.2 Å². The number of carbonyl (C=O) groups is 2. The molecular weight excluding hydrogens is 394 g/mol. The van der Waals surface area contributed by atoms with Crippen LogP contribution in [0.5, 0.6) is 11.5 Å². The van der Waals surface area contributed by atoms with Crippen molar-refractivity contribution < 1.29 is 19.1 Å². The fourth-order valence-electron chi connectivity index (χ4n) is 3.83. The average Bonchev–Trinajstić information content (AvgIpc) is 3.18. The van der Waals surface area contributed by atoms with E-state index in [1.807, 2.05) is 50.2 Å². The molecule has 0 radical (unpaired) electrons. The van der Waals surface area contributed by atoms with Crippen molar-refractivity contribution in [3.63, 3.8) is 0 Å². The van der Waals surface area contributed by atoms with Gasteiger partial charge < -0.3 is 19.7 Å². The molecular formula is C24H31N3O4. The van der Waals surface area contributed by atoms with Crippen LogP contribution in [0.1, 0.15) is 31.9 Å². The SMILES string of the molecule is CCOc1ccc(CN(CC)CC(=O)Nc2ccc3c(c2)CCN3C(C)=O)cc1OC. The Morgan fingerprint density at radius 1 is 1.13 bits per heavy atom. The van der Waals surface area contributed by atoms with Gasteiger partial charge in [0.05, 0.1) is 20.3 Å². The molecule has 166 valence electrons. The summed E-state index contributed by atoms with van der Waals surface area (Å²) >= 11 is 0. The quantitative estimate of drug-likeness (QED) is 0.666. The molecule has 1 N–H and O–H groups in total. The molecule has 0 spiro atoms. The van der Waals surface area contributed by atoms with Crippen LogP contribution in [0.3, 0.4) is 0 Å². The zero-order valence-corrected chi connectivity index (χ0v) is 18.7. The lowest BCUT2D eigenvalue weighted by atomic mass is 10.1. The summed E-state index contributed by atoms with van der Waals surface area (Å²) in [4.78, 5) is 28.2. The van der Waals surface area contributed by atoms with E-state index >= 15 is 0 Å². The minimum atomic E-state index is -0.0684. The minimum absolute atomic E-state index is 0.0417. The van der Waals surface area contributed by atoms with E-state index in [0.29, 0.717) is 25.4 Å². The minimum Gasteiger partial charge on any atom is -0.493 e. The molecule has 7 nitrogen and oxygen atoms in total. The molecule has 0 atom stereocenters. The molecule has 0 bridgehead atoms. The number of hydrogen-bond acceptors (Lipinski definition) is 5. The molecule has 2 aromatic rings. The van der Waals surface area contributed by atoms with Gasteiger partial charge in [-0.05, 0) is 61.3 Å². The van der Waals surface area contributed by atoms with Crippen LogP contribution in [0.4, 0.5) is 11.4 Å². The lowest BCUT2D eigenvalue weighted by Crippen LogP contribution is -2.32. The molecule has 0 aromatic heterocycles. The van der Waals surface area contributed by atoms with Crippen LogP contribution in [-0.2, 0) is 22.6 Å². The highest BCUT2D eigenvalue weighted by Crippen LogP contribution is 2.31. The number of methoxy groups -OCH3 is 1. The maximum absolute atomic E-state index is 12.6. The molecule has 0 fully saturated rings. The first-order valence-corrected chi connectivity index (χ1v) is 10.7. The second-order valence-electron chi connectivity index (χ2n) is 7.53. The number of nitrogens with one attached hydrogen (secondary N) is 1. The average molecular weight is 426 g/mol. The third kappa shape index (κ3) is 5.55. The van der Waals surface area contributed by atoms with E-state index in [4.69, 9.17) is 9.47 Å². The Morgan fingerprint density at radius 3 is 2.61 bits per heavy atom. The van der Waals surface area contributed by atoms with Crippen molar-refractivity contribution in [2.75, 3.05) is 43.6 Å². The van der Waals surface area contributed by atoms with Gasteiger partial charge >= 0.3 is 0 Å². The highest BCUT2D eigenvalue weighted by atomic mass is 16.5. The summed E-state index contributed by atoms with van der Waals surface area (Å²) in [5, 5.41) is 2.99. The molecule has 1 aliphatic heterocycles. The van der Waals surface area contributed by atoms with Gasteiger partial charge in [-0.15, -0.1) is 0 Å². The maximum atomic E-state index is 12.6. The molecule has 0 saturated heterocycles. The summed E-state index contributed by atoms with van der Waals surface area (Å²) < 4.78 is 11.0. The Hall–Kier alpha value is -3.06. The standard InChI is InChI=1S/C24H31N3O4/c1-5-26(15-18-7-10-22(31-6-2)23(13-18)30-4)16-24(29)25-20-8-9-21-19(14-20)11-12-27(21)17(3)28/h7-10,13-14H,5-6,11-12,15-16H2,1-4H3,(H,25,29). The fourth-order valence-corrected chi connectivity index (χ4v) is 3.83. The van der Waals surface area contributed by atoms with Crippen molar-refractivity contribution in [2.45, 2.75) is 33.7 Å². The summed E-state index contributed by atoms with van der Waals surface area (Å²) in [5.41, 5.74) is 3.83. The van der Waals surface area contributed by atoms with Crippen molar-refractivity contribution in [3.8, 4) is 11.5 Å². The first-order valence-electron chi connectivity index (χ1n) is 10.7. The monoisotopic (exact) mass is 425 g/mol. The van der Waals surface area contributed by atoms with Crippen LogP contribution < -0.4 is 19.7 Å². The second-order valence-corrected chi connectivity index (χ2v) is 7.53. The fraction of sp³-hybridized carbons (Fsp3) is 0.417. The van der Waals surface area contributed by atoms with Crippen molar-refractivity contribution in [2.24, 2.45) is 0 Å². The second kappa shape index (κ2) is 10.3. The molecule has 1 aliphatic rings. The molecule has 0 saturated carbocycles. The molecule has 3 rings (SSSR count). The van der Waals surface area contributed by atoms with Gasteiger partial charge in [-0.1, -0.05) is 13.0 Å². The van der Waals surface area contributed by atoms with Crippen molar-refractivity contribution in [1.29, 1.82) is 0 Å². The van der Waals surface area contributed by atoms with Crippen LogP contribution in [-0.4, -0.2) is 50.1 Å². The van der Waals surface area contributed by atoms with Gasteiger partial charge in [0.25, 0.3) is 0 Å². The van der Waals surface area contributed by atoms with E-state index in [1.54, 1.807) is 18.9 Å². The van der Waals surface area contributed by atoms with Gasteiger partial charge in [-0.25, -0.2) is 0 Å². The predicted octanol–water partition coefficient (Wildman–Crippen LogP) is 3.46. The number of amides is 2. The number of ether oxygens (including phenoxy) is 2. The van der Waals surface area contributed by atoms with Crippen LogP contribution in [0.2, 0.25) is 0 Å². The first kappa shape index (κ1) is 22.6. The van der Waals surface area contributed by atoms with Gasteiger partial charge in [0.1, 0.15) is 0 Å². The number of rotatable bonds is 9. The van der Waals surface area contributed by atoms with Gasteiger partial charge in [-0.2, -0.15) is 0 Å². The molecule has 7 heteroatoms. The Balaban J connectivity index is 1.61. The van der Waals surface area contributed by atoms with E-state index in [2.05, 4.69) is 10.2 Å². The molecule has 1 heterocycles. The summed E-state index contributed by atoms with van der Waals surface area (Å²) in [7, 11) is 1.62. The molecule has 2 aromatic carbocycles. The Bertz CT molecular complexity index is 944. The van der Waals surface area contributed by atoms with Crippen LogP contribution in [0.25, 0.3) is 0 Å². The van der Waals surface area contributed by atoms with Crippen molar-refractivity contribution >= 4 is 23.2 Å². The summed E-state index contributed by atoms with van der Waals surface area (Å²) in [6.45, 7) is 8.46. The van der Waals surface area contributed by atoms with Crippen molar-refractivity contribution in [3.05, 3.63) is 47.5 Å². The van der Waals surface area contributed by atoms with Crippen molar-refractivity contribution in [1.82, 2.24) is 4.90 Å². The molecule has 2 amide bonds. The van der Waals surface area contributed by atoms with Crippen LogP contribution >= 0.6 is 0 Å². The highest BCUT2D eigenvalue weighted by molar-refractivity contribution is 5.96. The highest BCUT2D eigenvalue weighted by Gasteiger charge is 2.22. The number of likely N-dealkylation sites (N-methyl/N-ethyl adjacent to an activating group) is 1. The third-order valence-electron chi connectivity index (χ3n) is 5.39. The first-order chi connectivity index (χ1) is 14.9. The van der Waals surface area contributed by atoms with E-state index in [9.17, 15) is 9.59 Å². The van der Waals surface area contributed by atoms with E-state index < -0.39 is 0 Å². The number of hydrogen-bond donors (Lipinski definition) is 1. The van der Waals surface area contributed by atoms with Gasteiger partial charge in [0.15, 0.2) is 11.5 Å². The van der Waals surface area contributed by atoms with Gasteiger partial charge in [0.2, 0.25) is 11.8 Å². The topological polar surface area (TPSA) is 71.1 Å². The number of benzene rings is 2. The Morgan fingerprint density at radius 2 is 1.94 bits per heavy atom. The normalized spacial score (nSPS) is 12.6. The zero-order chi connectivity index (χ0) is 22.4. The van der Waals surface area contributed by atoms with Crippen LogP contribution in [0.15, 0.2) is 36.4 Å². The van der Waals surface area contributed by atoms with Gasteiger partial charge in [-0.3, -0.25) is 14.5 Å². The summed E-state index contributed by atoms with van der Waals surface area (Å²) in [6.07, 6.45) is 0.805. The van der Waals surface area contributed by atoms with E-state index in [1.165, 1.54) is 0 Å². The van der Waals surface area contributed by atoms with E-state index in [-0.39, 0.29) is 18.4 Å². The number of nitrogens with zero attached hydrogens (tertiary/aromatic N) is 2. The molecule has 0 unspecified atom stereocenters. The molecule has 31 heavy (non-hydrogen) atoms. The number of fused-ring (bicyclic) bond motifs is 1. The van der Waals surface area contributed by atoms with Gasteiger partial charge in [0, 0.05) is 31.4 Å². The zero-order valence-electron chi connectivity index (χ0n) is 18.7. The maximum Gasteiger partial charge on any atom is 0.238 e. The Kier molecular flexibility index (Phi) is 7.52. The largest absolute Gasteiger partial charge is 0.493 e. The Labute approximate surface area is 183 Å². The van der Waals surface area contributed by atoms with Crippen LogP contribution in [0, 0.1) is 0 Å². The predicted molar refractivity (Wildman–Crippen MR) is 122 cm³/mol. The molecule has 0 aliphatic carbocycles. The smallest absolute Gasteiger partial charge is 0.238 e. The third-order valence-corrected chi connectivity index (χ3v) is 5.39.